The van der Waals surface area contributed by atoms with Crippen LogP contribution < -0.4 is 14.8 Å². The van der Waals surface area contributed by atoms with Gasteiger partial charge in [-0.3, -0.25) is 0 Å². The van der Waals surface area contributed by atoms with Gasteiger partial charge in [-0.1, -0.05) is 50.2 Å². The van der Waals surface area contributed by atoms with E-state index in [0.29, 0.717) is 37.6 Å². The quantitative estimate of drug-likeness (QED) is 0.277. The number of carbonyl (C=O) groups is 2. The van der Waals surface area contributed by atoms with E-state index in [9.17, 15) is 9.59 Å². The predicted molar refractivity (Wildman–Crippen MR) is 137 cm³/mol. The molecule has 8 nitrogen and oxygen atoms in total. The number of rotatable bonds is 15. The Bertz CT molecular complexity index is 933. The molecule has 2 aromatic rings. The summed E-state index contributed by atoms with van der Waals surface area (Å²) in [5, 5.41) is 2.69. The second-order valence-corrected chi connectivity index (χ2v) is 8.91. The molecule has 0 fully saturated rings. The Hall–Kier alpha value is -3.26. The number of alkyl carbamates (subject to hydrolysis) is 1. The minimum atomic E-state index is -0.825. The Balaban J connectivity index is 2.06. The molecule has 2 atom stereocenters. The Labute approximate surface area is 214 Å². The standard InChI is InChI=1S/C28H39NO7/c1-20(2)23(16-22-12-13-25(33-4)26(17-22)35-15-9-14-32-3)18-24(27(30)34-5)29-28(31)36-19-21-10-7-6-8-11-21/h6-8,10-13,17,20,23-24H,9,14-16,18-19H2,1-5H3,(H,29,31)/t23-,24-/m1/s1. The molecular weight excluding hydrogens is 462 g/mol. The zero-order valence-corrected chi connectivity index (χ0v) is 22.0. The lowest BCUT2D eigenvalue weighted by molar-refractivity contribution is -0.143. The summed E-state index contributed by atoms with van der Waals surface area (Å²) in [7, 11) is 4.58. The van der Waals surface area contributed by atoms with Gasteiger partial charge in [-0.25, -0.2) is 9.59 Å². The van der Waals surface area contributed by atoms with E-state index in [1.807, 2.05) is 48.5 Å². The highest BCUT2D eigenvalue weighted by molar-refractivity contribution is 5.81. The monoisotopic (exact) mass is 501 g/mol. The van der Waals surface area contributed by atoms with Crippen molar-refractivity contribution in [1.82, 2.24) is 5.32 Å². The maximum Gasteiger partial charge on any atom is 0.408 e. The van der Waals surface area contributed by atoms with Gasteiger partial charge in [0.25, 0.3) is 0 Å². The van der Waals surface area contributed by atoms with Gasteiger partial charge in [0.15, 0.2) is 11.5 Å². The minimum Gasteiger partial charge on any atom is -0.493 e. The van der Waals surface area contributed by atoms with Crippen LogP contribution in [0.25, 0.3) is 0 Å². The number of ether oxygens (including phenoxy) is 5. The van der Waals surface area contributed by atoms with E-state index in [2.05, 4.69) is 19.2 Å². The van der Waals surface area contributed by atoms with E-state index in [-0.39, 0.29) is 18.4 Å². The van der Waals surface area contributed by atoms with Crippen molar-refractivity contribution in [3.8, 4) is 11.5 Å². The average Bonchev–Trinajstić information content (AvgIpc) is 2.89. The van der Waals surface area contributed by atoms with Gasteiger partial charge in [-0.2, -0.15) is 0 Å². The van der Waals surface area contributed by atoms with Crippen LogP contribution in [0.3, 0.4) is 0 Å². The Morgan fingerprint density at radius 1 is 0.917 bits per heavy atom. The molecule has 0 aliphatic carbocycles. The van der Waals surface area contributed by atoms with Crippen molar-refractivity contribution in [1.29, 1.82) is 0 Å². The molecule has 2 aromatic carbocycles. The number of esters is 1. The van der Waals surface area contributed by atoms with Crippen LogP contribution in [0.4, 0.5) is 4.79 Å². The zero-order valence-electron chi connectivity index (χ0n) is 22.0. The predicted octanol–water partition coefficient (Wildman–Crippen LogP) is 4.78. The number of amides is 1. The zero-order chi connectivity index (χ0) is 26.3. The molecule has 0 bridgehead atoms. The van der Waals surface area contributed by atoms with Crippen molar-refractivity contribution in [2.45, 2.75) is 45.8 Å². The largest absolute Gasteiger partial charge is 0.493 e. The number of benzene rings is 2. The first-order valence-electron chi connectivity index (χ1n) is 12.2. The number of hydrogen-bond donors (Lipinski definition) is 1. The molecule has 0 spiro atoms. The fourth-order valence-corrected chi connectivity index (χ4v) is 3.81. The molecule has 0 radical (unpaired) electrons. The van der Waals surface area contributed by atoms with Crippen molar-refractivity contribution in [2.24, 2.45) is 11.8 Å². The number of carbonyl (C=O) groups excluding carboxylic acids is 2. The Morgan fingerprint density at radius 3 is 2.31 bits per heavy atom. The second kappa shape index (κ2) is 15.7. The van der Waals surface area contributed by atoms with Crippen molar-refractivity contribution in [2.75, 3.05) is 34.5 Å². The van der Waals surface area contributed by atoms with E-state index >= 15 is 0 Å². The molecule has 1 amide bonds. The molecule has 0 heterocycles. The molecule has 0 saturated carbocycles. The highest BCUT2D eigenvalue weighted by Crippen LogP contribution is 2.31. The molecule has 0 saturated heterocycles. The Morgan fingerprint density at radius 2 is 1.67 bits per heavy atom. The van der Waals surface area contributed by atoms with E-state index < -0.39 is 18.1 Å². The summed E-state index contributed by atoms with van der Waals surface area (Å²) in [4.78, 5) is 24.9. The third-order valence-electron chi connectivity index (χ3n) is 5.95. The first-order valence-corrected chi connectivity index (χ1v) is 12.2. The molecular formula is C28H39NO7. The molecule has 1 N–H and O–H groups in total. The molecule has 0 aliphatic rings. The summed E-state index contributed by atoms with van der Waals surface area (Å²) in [5.74, 6) is 1.15. The van der Waals surface area contributed by atoms with Crippen LogP contribution in [-0.4, -0.2) is 52.6 Å². The van der Waals surface area contributed by atoms with Crippen LogP contribution in [0.1, 0.15) is 37.8 Å². The lowest BCUT2D eigenvalue weighted by Gasteiger charge is -2.26. The van der Waals surface area contributed by atoms with E-state index in [0.717, 1.165) is 17.5 Å². The molecule has 0 unspecified atom stereocenters. The van der Waals surface area contributed by atoms with Gasteiger partial charge < -0.3 is 29.0 Å². The van der Waals surface area contributed by atoms with Crippen molar-refractivity contribution < 1.29 is 33.3 Å². The van der Waals surface area contributed by atoms with Gasteiger partial charge in [0.1, 0.15) is 12.6 Å². The van der Waals surface area contributed by atoms with Gasteiger partial charge in [-0.15, -0.1) is 0 Å². The van der Waals surface area contributed by atoms with Gasteiger partial charge in [-0.05, 0) is 47.9 Å². The number of hydrogen-bond acceptors (Lipinski definition) is 7. The third kappa shape index (κ3) is 9.77. The molecule has 8 heteroatoms. The number of methoxy groups -OCH3 is 3. The van der Waals surface area contributed by atoms with Crippen molar-refractivity contribution >= 4 is 12.1 Å². The van der Waals surface area contributed by atoms with E-state index in [4.69, 9.17) is 23.7 Å². The minimum absolute atomic E-state index is 0.0817. The fraction of sp³-hybridized carbons (Fsp3) is 0.500. The van der Waals surface area contributed by atoms with Gasteiger partial charge >= 0.3 is 12.1 Å². The smallest absolute Gasteiger partial charge is 0.408 e. The lowest BCUT2D eigenvalue weighted by Crippen LogP contribution is -2.43. The van der Waals surface area contributed by atoms with Gasteiger partial charge in [0.05, 0.1) is 20.8 Å². The summed E-state index contributed by atoms with van der Waals surface area (Å²) in [6.45, 7) is 5.44. The maximum atomic E-state index is 12.5. The second-order valence-electron chi connectivity index (χ2n) is 8.91. The van der Waals surface area contributed by atoms with Crippen LogP contribution in [-0.2, 0) is 32.0 Å². The maximum absolute atomic E-state index is 12.5. The van der Waals surface area contributed by atoms with Crippen LogP contribution in [0.15, 0.2) is 48.5 Å². The van der Waals surface area contributed by atoms with Gasteiger partial charge in [0, 0.05) is 20.1 Å². The molecule has 36 heavy (non-hydrogen) atoms. The summed E-state index contributed by atoms with van der Waals surface area (Å²) in [6, 6.07) is 14.4. The van der Waals surface area contributed by atoms with Crippen LogP contribution in [0.2, 0.25) is 0 Å². The Kier molecular flexibility index (Phi) is 12.6. The molecule has 2 rings (SSSR count). The fourth-order valence-electron chi connectivity index (χ4n) is 3.81. The molecule has 0 aromatic heterocycles. The normalized spacial score (nSPS) is 12.5. The number of nitrogens with one attached hydrogen (secondary N) is 1. The summed E-state index contributed by atoms with van der Waals surface area (Å²) >= 11 is 0. The summed E-state index contributed by atoms with van der Waals surface area (Å²) < 4.78 is 26.7. The highest BCUT2D eigenvalue weighted by Gasteiger charge is 2.28. The third-order valence-corrected chi connectivity index (χ3v) is 5.95. The summed E-state index contributed by atoms with van der Waals surface area (Å²) in [6.07, 6.45) is 1.20. The first-order chi connectivity index (χ1) is 17.4. The van der Waals surface area contributed by atoms with E-state index in [1.165, 1.54) is 7.11 Å². The first kappa shape index (κ1) is 29.0. The average molecular weight is 502 g/mol. The molecule has 198 valence electrons. The van der Waals surface area contributed by atoms with Gasteiger partial charge in [0.2, 0.25) is 0 Å². The topological polar surface area (TPSA) is 92.3 Å². The van der Waals surface area contributed by atoms with Crippen LogP contribution in [0, 0.1) is 11.8 Å². The van der Waals surface area contributed by atoms with E-state index in [1.54, 1.807) is 14.2 Å². The lowest BCUT2D eigenvalue weighted by atomic mass is 9.84. The van der Waals surface area contributed by atoms with Crippen molar-refractivity contribution in [3.05, 3.63) is 59.7 Å². The summed E-state index contributed by atoms with van der Waals surface area (Å²) in [5.41, 5.74) is 1.91. The molecule has 0 aliphatic heterocycles. The van der Waals surface area contributed by atoms with Crippen LogP contribution >= 0.6 is 0 Å². The SMILES string of the molecule is COCCCOc1cc(C[C@H](C[C@@H](NC(=O)OCc2ccccc2)C(=O)OC)C(C)C)ccc1OC. The highest BCUT2D eigenvalue weighted by atomic mass is 16.6. The van der Waals surface area contributed by atoms with Crippen LogP contribution in [0.5, 0.6) is 11.5 Å². The van der Waals surface area contributed by atoms with Crippen molar-refractivity contribution in [3.63, 3.8) is 0 Å².